The Morgan fingerprint density at radius 1 is 1.35 bits per heavy atom. The molecule has 102 valence electrons. The minimum atomic E-state index is 0.625. The van der Waals surface area contributed by atoms with Crippen LogP contribution in [0.25, 0.3) is 0 Å². The highest BCUT2D eigenvalue weighted by Gasteiger charge is 2.23. The second kappa shape index (κ2) is 7.34. The fourth-order valence-electron chi connectivity index (χ4n) is 2.73. The summed E-state index contributed by atoms with van der Waals surface area (Å²) in [6, 6.07) is 1.27. The number of hydrogen-bond acceptors (Lipinski definition) is 3. The number of nitrogens with one attached hydrogen (secondary N) is 1. The minimum absolute atomic E-state index is 0.625. The predicted octanol–water partition coefficient (Wildman–Crippen LogP) is 1.65. The van der Waals surface area contributed by atoms with E-state index in [1.165, 1.54) is 38.9 Å². The van der Waals surface area contributed by atoms with Crippen LogP contribution in [0.2, 0.25) is 0 Å². The Bertz CT molecular complexity index is 206. The molecule has 1 N–H and O–H groups in total. The number of hydrogen-bond donors (Lipinski definition) is 1. The molecule has 17 heavy (non-hydrogen) atoms. The molecule has 1 saturated heterocycles. The monoisotopic (exact) mass is 241 g/mol. The zero-order chi connectivity index (χ0) is 12.8. The first-order chi connectivity index (χ1) is 7.99. The topological polar surface area (TPSA) is 18.5 Å². The van der Waals surface area contributed by atoms with Crippen molar-refractivity contribution in [3.63, 3.8) is 0 Å². The normalized spacial score (nSPS) is 26.1. The zero-order valence-electron chi connectivity index (χ0n) is 12.4. The smallest absolute Gasteiger partial charge is 0.00816 e. The van der Waals surface area contributed by atoms with Crippen LogP contribution in [0.1, 0.15) is 33.1 Å². The van der Waals surface area contributed by atoms with Crippen molar-refractivity contribution in [2.24, 2.45) is 5.92 Å². The maximum absolute atomic E-state index is 3.77. The summed E-state index contributed by atoms with van der Waals surface area (Å²) in [7, 11) is 6.53. The summed E-state index contributed by atoms with van der Waals surface area (Å²) in [5.74, 6) is 0.829. The largest absolute Gasteiger partial charge is 0.311 e. The molecule has 3 atom stereocenters. The van der Waals surface area contributed by atoms with E-state index in [-0.39, 0.29) is 0 Å². The van der Waals surface area contributed by atoms with Gasteiger partial charge in [-0.15, -0.1) is 0 Å². The maximum atomic E-state index is 3.77. The van der Waals surface area contributed by atoms with Crippen molar-refractivity contribution in [1.82, 2.24) is 15.1 Å². The molecule has 0 aliphatic carbocycles. The average molecular weight is 241 g/mol. The van der Waals surface area contributed by atoms with Crippen LogP contribution in [0.5, 0.6) is 0 Å². The molecule has 0 bridgehead atoms. The second-order valence-electron chi connectivity index (χ2n) is 6.11. The minimum Gasteiger partial charge on any atom is -0.311 e. The molecule has 3 nitrogen and oxygen atoms in total. The van der Waals surface area contributed by atoms with Gasteiger partial charge in [0.15, 0.2) is 0 Å². The third-order valence-electron chi connectivity index (χ3n) is 3.92. The van der Waals surface area contributed by atoms with Gasteiger partial charge in [-0.1, -0.05) is 0 Å². The molecule has 0 aromatic heterocycles. The van der Waals surface area contributed by atoms with Gasteiger partial charge >= 0.3 is 0 Å². The summed E-state index contributed by atoms with van der Waals surface area (Å²) in [5.41, 5.74) is 0. The van der Waals surface area contributed by atoms with Gasteiger partial charge in [-0.25, -0.2) is 0 Å². The van der Waals surface area contributed by atoms with Crippen LogP contribution in [-0.4, -0.2) is 62.7 Å². The van der Waals surface area contributed by atoms with Crippen LogP contribution in [0, 0.1) is 5.92 Å². The third kappa shape index (κ3) is 5.84. The van der Waals surface area contributed by atoms with Gasteiger partial charge in [0.05, 0.1) is 0 Å². The highest BCUT2D eigenvalue weighted by molar-refractivity contribution is 4.81. The van der Waals surface area contributed by atoms with Crippen molar-refractivity contribution in [3.8, 4) is 0 Å². The molecule has 1 fully saturated rings. The van der Waals surface area contributed by atoms with E-state index in [2.05, 4.69) is 50.1 Å². The lowest BCUT2D eigenvalue weighted by molar-refractivity contribution is 0.172. The fourth-order valence-corrected chi connectivity index (χ4v) is 2.73. The zero-order valence-corrected chi connectivity index (χ0v) is 12.4. The van der Waals surface area contributed by atoms with Crippen LogP contribution in [0.15, 0.2) is 0 Å². The molecular formula is C14H31N3. The number of nitrogens with zero attached hydrogens (tertiary/aromatic N) is 2. The SMILES string of the molecule is CC(CCN(C)C)NC(C)C1CCCN(C)C1. The Hall–Kier alpha value is -0.120. The Morgan fingerprint density at radius 3 is 2.65 bits per heavy atom. The molecule has 0 aromatic carbocycles. The van der Waals surface area contributed by atoms with Gasteiger partial charge in [-0.3, -0.25) is 0 Å². The first-order valence-electron chi connectivity index (χ1n) is 7.08. The highest BCUT2D eigenvalue weighted by Crippen LogP contribution is 2.19. The standard InChI is InChI=1S/C14H31N3/c1-12(8-10-16(3)4)15-13(2)14-7-6-9-17(5)11-14/h12-15H,6-11H2,1-5H3. The molecule has 0 amide bonds. The first-order valence-corrected chi connectivity index (χ1v) is 7.08. The van der Waals surface area contributed by atoms with E-state index in [1.807, 2.05) is 0 Å². The molecule has 0 radical (unpaired) electrons. The number of piperidine rings is 1. The van der Waals surface area contributed by atoms with Crippen molar-refractivity contribution in [1.29, 1.82) is 0 Å². The van der Waals surface area contributed by atoms with Crippen molar-refractivity contribution < 1.29 is 0 Å². The average Bonchev–Trinajstić information content (AvgIpc) is 2.26. The van der Waals surface area contributed by atoms with E-state index >= 15 is 0 Å². The van der Waals surface area contributed by atoms with Crippen LogP contribution >= 0.6 is 0 Å². The Kier molecular flexibility index (Phi) is 6.45. The lowest BCUT2D eigenvalue weighted by Gasteiger charge is -2.35. The molecule has 0 aromatic rings. The summed E-state index contributed by atoms with van der Waals surface area (Å²) < 4.78 is 0. The van der Waals surface area contributed by atoms with Crippen LogP contribution in [0.4, 0.5) is 0 Å². The molecule has 3 unspecified atom stereocenters. The summed E-state index contributed by atoms with van der Waals surface area (Å²) in [6.45, 7) is 8.38. The quantitative estimate of drug-likeness (QED) is 0.763. The predicted molar refractivity (Wildman–Crippen MR) is 75.5 cm³/mol. The number of likely N-dealkylation sites (tertiary alicyclic amines) is 1. The van der Waals surface area contributed by atoms with Gasteiger partial charge in [0.2, 0.25) is 0 Å². The van der Waals surface area contributed by atoms with E-state index in [9.17, 15) is 0 Å². The molecule has 0 saturated carbocycles. The van der Waals surface area contributed by atoms with E-state index in [1.54, 1.807) is 0 Å². The Labute approximate surface area is 108 Å². The highest BCUT2D eigenvalue weighted by atomic mass is 15.1. The molecule has 3 heteroatoms. The fraction of sp³-hybridized carbons (Fsp3) is 1.00. The molecule has 1 rings (SSSR count). The van der Waals surface area contributed by atoms with E-state index in [4.69, 9.17) is 0 Å². The van der Waals surface area contributed by atoms with Gasteiger partial charge in [-0.05, 0) is 73.3 Å². The van der Waals surface area contributed by atoms with E-state index in [0.717, 1.165) is 5.92 Å². The van der Waals surface area contributed by atoms with Gasteiger partial charge in [0.1, 0.15) is 0 Å². The van der Waals surface area contributed by atoms with Crippen LogP contribution in [0.3, 0.4) is 0 Å². The molecule has 0 spiro atoms. The van der Waals surface area contributed by atoms with Crippen molar-refractivity contribution >= 4 is 0 Å². The summed E-state index contributed by atoms with van der Waals surface area (Å²) in [5, 5.41) is 3.77. The lowest BCUT2D eigenvalue weighted by atomic mass is 9.91. The van der Waals surface area contributed by atoms with E-state index < -0.39 is 0 Å². The van der Waals surface area contributed by atoms with Gasteiger partial charge in [0, 0.05) is 18.6 Å². The first kappa shape index (κ1) is 14.9. The second-order valence-corrected chi connectivity index (χ2v) is 6.11. The molecular weight excluding hydrogens is 210 g/mol. The van der Waals surface area contributed by atoms with Crippen molar-refractivity contribution in [2.75, 3.05) is 40.8 Å². The number of rotatable bonds is 6. The van der Waals surface area contributed by atoms with Crippen molar-refractivity contribution in [2.45, 2.75) is 45.2 Å². The van der Waals surface area contributed by atoms with Crippen LogP contribution in [-0.2, 0) is 0 Å². The summed E-state index contributed by atoms with van der Waals surface area (Å²) in [4.78, 5) is 4.73. The summed E-state index contributed by atoms with van der Waals surface area (Å²) in [6.07, 6.45) is 3.98. The van der Waals surface area contributed by atoms with Crippen LogP contribution < -0.4 is 5.32 Å². The van der Waals surface area contributed by atoms with Gasteiger partial charge in [-0.2, -0.15) is 0 Å². The molecule has 1 heterocycles. The van der Waals surface area contributed by atoms with Crippen molar-refractivity contribution in [3.05, 3.63) is 0 Å². The van der Waals surface area contributed by atoms with Gasteiger partial charge in [0.25, 0.3) is 0 Å². The third-order valence-corrected chi connectivity index (χ3v) is 3.92. The lowest BCUT2D eigenvalue weighted by Crippen LogP contribution is -2.46. The molecule has 1 aliphatic heterocycles. The summed E-state index contributed by atoms with van der Waals surface area (Å²) >= 11 is 0. The maximum Gasteiger partial charge on any atom is 0.00816 e. The Morgan fingerprint density at radius 2 is 2.06 bits per heavy atom. The molecule has 1 aliphatic rings. The van der Waals surface area contributed by atoms with E-state index in [0.29, 0.717) is 12.1 Å². The van der Waals surface area contributed by atoms with Gasteiger partial charge < -0.3 is 15.1 Å². The Balaban J connectivity index is 2.24.